The van der Waals surface area contributed by atoms with Gasteiger partial charge in [0.2, 0.25) is 5.91 Å². The monoisotopic (exact) mass is 890 g/mol. The number of unbranched alkanes of at least 4 members (excludes halogenated alkanes) is 28. The van der Waals surface area contributed by atoms with Crippen molar-refractivity contribution in [3.63, 3.8) is 0 Å². The predicted octanol–water partition coefficient (Wildman–Crippen LogP) is 10.1. The van der Waals surface area contributed by atoms with Gasteiger partial charge in [-0.1, -0.05) is 192 Å². The van der Waals surface area contributed by atoms with E-state index >= 15 is 0 Å². The Kier molecular flexibility index (Phi) is 36.8. The van der Waals surface area contributed by atoms with Crippen LogP contribution in [-0.4, -0.2) is 95.4 Å². The Labute approximate surface area is 372 Å². The number of amides is 1. The van der Waals surface area contributed by atoms with E-state index in [1.807, 2.05) is 6.08 Å². The molecule has 1 fully saturated rings. The maximum absolute atomic E-state index is 13.0. The molecule has 6 N–H and O–H groups in total. The van der Waals surface area contributed by atoms with Crippen molar-refractivity contribution in [1.29, 1.82) is 0 Å². The SMILES string of the molecule is CCCCCCCC/C=C\CCCCCCCCCCCCCC(=O)N[C@@H](CO[C@@H]1OC(CO)[C@H](O)[C@H](OS(=O)(=O)O)C1O)[C@H](O)/C=C/CCCCCCCCCCCCC. The van der Waals surface area contributed by atoms with Crippen LogP contribution in [-0.2, 0) is 28.9 Å². The molecule has 1 heterocycles. The first kappa shape index (κ1) is 57.6. The number of carbonyl (C=O) groups excluding carboxylic acids is 1. The third kappa shape index (κ3) is 32.0. The Hall–Kier alpha value is -1.42. The number of hydrogen-bond acceptors (Lipinski definition) is 10. The van der Waals surface area contributed by atoms with Gasteiger partial charge in [0.25, 0.3) is 0 Å². The lowest BCUT2D eigenvalue weighted by Gasteiger charge is -2.41. The molecular weight excluding hydrogens is 799 g/mol. The maximum atomic E-state index is 13.0. The maximum Gasteiger partial charge on any atom is 0.397 e. The van der Waals surface area contributed by atoms with Gasteiger partial charge in [-0.15, -0.1) is 0 Å². The zero-order valence-electron chi connectivity index (χ0n) is 38.5. The molecule has 1 saturated heterocycles. The predicted molar refractivity (Wildman–Crippen MR) is 245 cm³/mol. The molecule has 0 radical (unpaired) electrons. The average Bonchev–Trinajstić information content (AvgIpc) is 3.23. The van der Waals surface area contributed by atoms with Crippen LogP contribution in [0, 0.1) is 0 Å². The quantitative estimate of drug-likeness (QED) is 0.0194. The molecule has 0 bridgehead atoms. The Morgan fingerprint density at radius 2 is 1.05 bits per heavy atom. The van der Waals surface area contributed by atoms with Gasteiger partial charge in [0, 0.05) is 6.42 Å². The smallest absolute Gasteiger partial charge is 0.394 e. The topological polar surface area (TPSA) is 192 Å². The average molecular weight is 890 g/mol. The van der Waals surface area contributed by atoms with Crippen molar-refractivity contribution in [2.24, 2.45) is 0 Å². The molecule has 0 aromatic carbocycles. The van der Waals surface area contributed by atoms with E-state index < -0.39 is 59.9 Å². The summed E-state index contributed by atoms with van der Waals surface area (Å²) in [6.07, 6.45) is 36.4. The van der Waals surface area contributed by atoms with Gasteiger partial charge in [0.1, 0.15) is 24.4 Å². The molecule has 7 atom stereocenters. The number of aliphatic hydroxyl groups is 4. The Bertz CT molecular complexity index is 1190. The second-order valence-corrected chi connectivity index (χ2v) is 18.4. The van der Waals surface area contributed by atoms with Crippen LogP contribution in [0.25, 0.3) is 0 Å². The standard InChI is InChI=1S/C48H91NO11S/c1-3-5-7-9-11-13-15-17-18-19-20-21-22-23-24-26-28-30-32-34-36-38-44(52)49-41(42(51)37-35-33-31-29-27-25-16-14-12-10-8-6-4-2)40-58-48-46(54)47(60-61(55,56)57)45(53)43(39-50)59-48/h17-18,35,37,41-43,45-48,50-51,53-54H,3-16,19-34,36,38-40H2,1-2H3,(H,49,52)(H,55,56,57)/b18-17-,37-35+/t41-,42+,43?,45-,46?,47-,48+/m0/s1. The molecular formula is C48H91NO11S. The molecule has 360 valence electrons. The van der Waals surface area contributed by atoms with Gasteiger partial charge in [-0.25, -0.2) is 4.18 Å². The highest BCUT2D eigenvalue weighted by Gasteiger charge is 2.48. The highest BCUT2D eigenvalue weighted by molar-refractivity contribution is 7.80. The molecule has 13 heteroatoms. The normalized spacial score (nSPS) is 20.8. The summed E-state index contributed by atoms with van der Waals surface area (Å²) in [6.45, 7) is 3.38. The van der Waals surface area contributed by atoms with Crippen molar-refractivity contribution < 1.29 is 51.8 Å². The zero-order chi connectivity index (χ0) is 44.8. The van der Waals surface area contributed by atoms with Crippen LogP contribution in [0.2, 0.25) is 0 Å². The molecule has 1 rings (SSSR count). The van der Waals surface area contributed by atoms with E-state index in [0.717, 1.165) is 38.5 Å². The lowest BCUT2D eigenvalue weighted by atomic mass is 9.99. The van der Waals surface area contributed by atoms with Crippen molar-refractivity contribution in [1.82, 2.24) is 5.32 Å². The van der Waals surface area contributed by atoms with Crippen molar-refractivity contribution in [3.8, 4) is 0 Å². The van der Waals surface area contributed by atoms with Crippen LogP contribution in [0.5, 0.6) is 0 Å². The molecule has 0 spiro atoms. The Morgan fingerprint density at radius 1 is 0.639 bits per heavy atom. The molecule has 61 heavy (non-hydrogen) atoms. The lowest BCUT2D eigenvalue weighted by Crippen LogP contribution is -2.61. The van der Waals surface area contributed by atoms with E-state index in [4.69, 9.17) is 9.47 Å². The van der Waals surface area contributed by atoms with Gasteiger partial charge in [0.05, 0.1) is 25.4 Å². The van der Waals surface area contributed by atoms with Crippen LogP contribution in [0.15, 0.2) is 24.3 Å². The third-order valence-corrected chi connectivity index (χ3v) is 12.2. The molecule has 12 nitrogen and oxygen atoms in total. The Balaban J connectivity index is 2.44. The molecule has 0 aromatic heterocycles. The van der Waals surface area contributed by atoms with Crippen LogP contribution >= 0.6 is 0 Å². The summed E-state index contributed by atoms with van der Waals surface area (Å²) in [5.41, 5.74) is 0. The van der Waals surface area contributed by atoms with E-state index in [0.29, 0.717) is 6.42 Å². The third-order valence-electron chi connectivity index (χ3n) is 11.7. The summed E-state index contributed by atoms with van der Waals surface area (Å²) in [6, 6.07) is -0.941. The second kappa shape index (κ2) is 39.0. The zero-order valence-corrected chi connectivity index (χ0v) is 39.3. The van der Waals surface area contributed by atoms with Gasteiger partial charge in [-0.2, -0.15) is 8.42 Å². The first-order valence-corrected chi connectivity index (χ1v) is 26.1. The molecule has 0 aliphatic carbocycles. The van der Waals surface area contributed by atoms with Crippen LogP contribution in [0.4, 0.5) is 0 Å². The van der Waals surface area contributed by atoms with Gasteiger partial charge in [-0.05, 0) is 44.9 Å². The molecule has 1 aliphatic rings. The van der Waals surface area contributed by atoms with Gasteiger partial charge >= 0.3 is 10.4 Å². The van der Waals surface area contributed by atoms with Crippen LogP contribution < -0.4 is 5.32 Å². The fourth-order valence-electron chi connectivity index (χ4n) is 7.86. The van der Waals surface area contributed by atoms with Gasteiger partial charge in [0.15, 0.2) is 6.29 Å². The van der Waals surface area contributed by atoms with E-state index in [9.17, 15) is 38.2 Å². The van der Waals surface area contributed by atoms with Crippen molar-refractivity contribution in [2.75, 3.05) is 13.2 Å². The summed E-state index contributed by atoms with van der Waals surface area (Å²) in [4.78, 5) is 13.0. The molecule has 2 unspecified atom stereocenters. The van der Waals surface area contributed by atoms with Crippen molar-refractivity contribution >= 4 is 16.3 Å². The highest BCUT2D eigenvalue weighted by Crippen LogP contribution is 2.26. The van der Waals surface area contributed by atoms with E-state index in [-0.39, 0.29) is 18.9 Å². The first-order valence-electron chi connectivity index (χ1n) is 24.7. The first-order chi connectivity index (χ1) is 29.5. The fraction of sp³-hybridized carbons (Fsp3) is 0.896. The minimum absolute atomic E-state index is 0.263. The van der Waals surface area contributed by atoms with E-state index in [2.05, 4.69) is 35.5 Å². The summed E-state index contributed by atoms with van der Waals surface area (Å²) in [5, 5.41) is 44.7. The highest BCUT2D eigenvalue weighted by atomic mass is 32.3. The van der Waals surface area contributed by atoms with Crippen LogP contribution in [0.3, 0.4) is 0 Å². The largest absolute Gasteiger partial charge is 0.397 e. The number of ether oxygens (including phenoxy) is 2. The summed E-state index contributed by atoms with van der Waals surface area (Å²) < 4.78 is 47.6. The summed E-state index contributed by atoms with van der Waals surface area (Å²) in [5.74, 6) is -0.263. The van der Waals surface area contributed by atoms with E-state index in [1.54, 1.807) is 6.08 Å². The molecule has 1 amide bonds. The minimum Gasteiger partial charge on any atom is -0.394 e. The number of carbonyl (C=O) groups is 1. The fourth-order valence-corrected chi connectivity index (χ4v) is 8.37. The lowest BCUT2D eigenvalue weighted by molar-refractivity contribution is -0.298. The van der Waals surface area contributed by atoms with Gasteiger partial charge in [-0.3, -0.25) is 9.35 Å². The number of nitrogens with one attached hydrogen (secondary N) is 1. The molecule has 1 aliphatic heterocycles. The Morgan fingerprint density at radius 3 is 1.48 bits per heavy atom. The number of aliphatic hydroxyl groups excluding tert-OH is 4. The van der Waals surface area contributed by atoms with Gasteiger partial charge < -0.3 is 35.2 Å². The number of allylic oxidation sites excluding steroid dienone is 3. The van der Waals surface area contributed by atoms with E-state index in [1.165, 1.54) is 154 Å². The molecule has 0 saturated carbocycles. The van der Waals surface area contributed by atoms with Crippen molar-refractivity contribution in [3.05, 3.63) is 24.3 Å². The summed E-state index contributed by atoms with van der Waals surface area (Å²) >= 11 is 0. The van der Waals surface area contributed by atoms with Crippen LogP contribution in [0.1, 0.15) is 219 Å². The number of hydrogen-bond donors (Lipinski definition) is 6. The number of rotatable bonds is 42. The summed E-state index contributed by atoms with van der Waals surface area (Å²) in [7, 11) is -5.08. The van der Waals surface area contributed by atoms with Crippen molar-refractivity contribution in [2.45, 2.75) is 262 Å². The molecule has 0 aromatic rings. The second-order valence-electron chi connectivity index (χ2n) is 17.4. The minimum atomic E-state index is -5.08.